The van der Waals surface area contributed by atoms with E-state index in [-0.39, 0.29) is 5.41 Å². The van der Waals surface area contributed by atoms with Crippen molar-refractivity contribution >= 4 is 0 Å². The summed E-state index contributed by atoms with van der Waals surface area (Å²) in [5.74, 6) is 0. The average Bonchev–Trinajstić information content (AvgIpc) is 2.78. The Balaban J connectivity index is 2.36. The fourth-order valence-electron chi connectivity index (χ4n) is 3.44. The van der Waals surface area contributed by atoms with Gasteiger partial charge in [-0.2, -0.15) is 10.4 Å². The van der Waals surface area contributed by atoms with Gasteiger partial charge in [0.05, 0.1) is 17.5 Å². The van der Waals surface area contributed by atoms with E-state index in [1.165, 1.54) is 30.5 Å². The van der Waals surface area contributed by atoms with Crippen LogP contribution in [0.4, 0.5) is 0 Å². The molecule has 0 saturated carbocycles. The number of nitriles is 1. The van der Waals surface area contributed by atoms with Crippen molar-refractivity contribution < 1.29 is 0 Å². The molecular weight excluding hydrogens is 284 g/mol. The van der Waals surface area contributed by atoms with Crippen molar-refractivity contribution in [2.75, 3.05) is 0 Å². The molecule has 4 heteroatoms. The highest BCUT2D eigenvalue weighted by molar-refractivity contribution is 5.75. The van der Waals surface area contributed by atoms with Gasteiger partial charge in [0.1, 0.15) is 6.07 Å². The van der Waals surface area contributed by atoms with E-state index in [2.05, 4.69) is 31.9 Å². The molecule has 0 radical (unpaired) electrons. The second-order valence-corrected chi connectivity index (χ2v) is 7.46. The summed E-state index contributed by atoms with van der Waals surface area (Å²) in [6.45, 7) is 6.39. The summed E-state index contributed by atoms with van der Waals surface area (Å²) in [7, 11) is 1.92. The second kappa shape index (κ2) is 5.81. The lowest BCUT2D eigenvalue weighted by Crippen LogP contribution is -2.19. The monoisotopic (exact) mass is 308 g/mol. The molecule has 1 aliphatic rings. The Morgan fingerprint density at radius 2 is 1.91 bits per heavy atom. The molecule has 0 saturated heterocycles. The smallest absolute Gasteiger partial charge is 0.102 e. The zero-order chi connectivity index (χ0) is 16.6. The van der Waals surface area contributed by atoms with Crippen LogP contribution in [-0.4, -0.2) is 14.8 Å². The van der Waals surface area contributed by atoms with Crippen LogP contribution in [0.2, 0.25) is 0 Å². The molecular formula is C19H24N4. The Hall–Kier alpha value is -2.15. The predicted octanol–water partition coefficient (Wildman–Crippen LogP) is 3.92. The number of nitrogens with zero attached hydrogens (tertiary/aromatic N) is 4. The van der Waals surface area contributed by atoms with Crippen LogP contribution in [0.15, 0.2) is 12.4 Å². The van der Waals surface area contributed by atoms with E-state index in [9.17, 15) is 5.26 Å². The van der Waals surface area contributed by atoms with Crippen LogP contribution in [0.5, 0.6) is 0 Å². The first-order valence-electron chi connectivity index (χ1n) is 8.37. The van der Waals surface area contributed by atoms with E-state index in [0.29, 0.717) is 0 Å². The molecule has 1 aliphatic carbocycles. The molecule has 3 rings (SSSR count). The van der Waals surface area contributed by atoms with Crippen LogP contribution in [0, 0.1) is 11.3 Å². The Kier molecular flexibility index (Phi) is 3.97. The first-order valence-corrected chi connectivity index (χ1v) is 8.37. The topological polar surface area (TPSA) is 54.5 Å². The van der Waals surface area contributed by atoms with E-state index in [4.69, 9.17) is 4.98 Å². The minimum Gasteiger partial charge on any atom is -0.275 e. The third-order valence-corrected chi connectivity index (χ3v) is 4.54. The second-order valence-electron chi connectivity index (χ2n) is 7.46. The van der Waals surface area contributed by atoms with E-state index < -0.39 is 0 Å². The Labute approximate surface area is 138 Å². The maximum absolute atomic E-state index is 9.89. The number of aromatic nitrogens is 3. The third kappa shape index (κ3) is 2.88. The van der Waals surface area contributed by atoms with Crippen LogP contribution in [0.1, 0.15) is 62.5 Å². The van der Waals surface area contributed by atoms with Gasteiger partial charge in [-0.25, -0.2) is 0 Å². The van der Waals surface area contributed by atoms with Crippen LogP contribution in [0.25, 0.3) is 11.1 Å². The van der Waals surface area contributed by atoms with Crippen molar-refractivity contribution in [2.24, 2.45) is 7.05 Å². The van der Waals surface area contributed by atoms with Gasteiger partial charge in [0.15, 0.2) is 0 Å². The molecule has 23 heavy (non-hydrogen) atoms. The van der Waals surface area contributed by atoms with Gasteiger partial charge in [-0.3, -0.25) is 9.67 Å². The highest BCUT2D eigenvalue weighted by Crippen LogP contribution is 2.37. The molecule has 4 nitrogen and oxygen atoms in total. The van der Waals surface area contributed by atoms with Crippen LogP contribution in [-0.2, 0) is 25.3 Å². The summed E-state index contributed by atoms with van der Waals surface area (Å²) in [6.07, 6.45) is 9.48. The van der Waals surface area contributed by atoms with Gasteiger partial charge in [-0.1, -0.05) is 27.2 Å². The first-order chi connectivity index (χ1) is 10.9. The fraction of sp³-hybridized carbons (Fsp3) is 0.526. The summed E-state index contributed by atoms with van der Waals surface area (Å²) in [5, 5.41) is 14.2. The van der Waals surface area contributed by atoms with E-state index >= 15 is 0 Å². The van der Waals surface area contributed by atoms with Gasteiger partial charge in [0.25, 0.3) is 0 Å². The van der Waals surface area contributed by atoms with Crippen molar-refractivity contribution in [2.45, 2.75) is 58.3 Å². The number of hydrogen-bond donors (Lipinski definition) is 0. The van der Waals surface area contributed by atoms with E-state index in [0.717, 1.165) is 35.2 Å². The number of aryl methyl sites for hydroxylation is 2. The van der Waals surface area contributed by atoms with Crippen molar-refractivity contribution in [3.8, 4) is 17.2 Å². The van der Waals surface area contributed by atoms with Gasteiger partial charge in [0.2, 0.25) is 0 Å². The number of pyridine rings is 1. The van der Waals surface area contributed by atoms with Gasteiger partial charge in [-0.15, -0.1) is 0 Å². The van der Waals surface area contributed by atoms with Gasteiger partial charge >= 0.3 is 0 Å². The van der Waals surface area contributed by atoms with Crippen LogP contribution < -0.4 is 0 Å². The van der Waals surface area contributed by atoms with Crippen LogP contribution in [0.3, 0.4) is 0 Å². The molecule has 2 heterocycles. The predicted molar refractivity (Wildman–Crippen MR) is 91.1 cm³/mol. The molecule has 2 aromatic rings. The molecule has 0 amide bonds. The quantitative estimate of drug-likeness (QED) is 0.750. The van der Waals surface area contributed by atoms with Gasteiger partial charge in [-0.05, 0) is 31.2 Å². The molecule has 0 bridgehead atoms. The van der Waals surface area contributed by atoms with Crippen molar-refractivity contribution in [3.05, 3.63) is 34.9 Å². The lowest BCUT2D eigenvalue weighted by atomic mass is 9.83. The maximum atomic E-state index is 9.89. The molecule has 120 valence electrons. The minimum absolute atomic E-state index is 0.149. The minimum atomic E-state index is -0.149. The average molecular weight is 308 g/mol. The van der Waals surface area contributed by atoms with Crippen molar-refractivity contribution in [1.29, 1.82) is 5.26 Å². The van der Waals surface area contributed by atoms with Crippen molar-refractivity contribution in [1.82, 2.24) is 14.8 Å². The summed E-state index contributed by atoms with van der Waals surface area (Å²) < 4.78 is 1.80. The molecule has 0 N–H and O–H groups in total. The lowest BCUT2D eigenvalue weighted by molar-refractivity contribution is 0.562. The molecule has 0 aliphatic heterocycles. The Morgan fingerprint density at radius 1 is 1.17 bits per heavy atom. The van der Waals surface area contributed by atoms with E-state index in [1.807, 2.05) is 19.4 Å². The molecule has 0 aromatic carbocycles. The molecule has 0 atom stereocenters. The maximum Gasteiger partial charge on any atom is 0.102 e. The van der Waals surface area contributed by atoms with Gasteiger partial charge < -0.3 is 0 Å². The number of rotatable bonds is 1. The molecule has 0 spiro atoms. The third-order valence-electron chi connectivity index (χ3n) is 4.54. The number of fused-ring (bicyclic) bond motifs is 1. The highest BCUT2D eigenvalue weighted by atomic mass is 15.2. The standard InChI is InChI=1S/C19H24N4/c1-19(2,3)18-15(10-20)17(13-11-21-23(4)12-13)14-8-6-5-7-9-16(14)22-18/h11-12H,5-9H2,1-4H3. The first kappa shape index (κ1) is 15.7. The molecule has 2 aromatic heterocycles. The normalized spacial score (nSPS) is 14.9. The summed E-state index contributed by atoms with van der Waals surface area (Å²) in [5.41, 5.74) is 6.05. The molecule has 0 unspecified atom stereocenters. The highest BCUT2D eigenvalue weighted by Gasteiger charge is 2.28. The zero-order valence-electron chi connectivity index (χ0n) is 14.5. The zero-order valence-corrected chi connectivity index (χ0v) is 14.5. The van der Waals surface area contributed by atoms with E-state index in [1.54, 1.807) is 4.68 Å². The fourth-order valence-corrected chi connectivity index (χ4v) is 3.44. The van der Waals surface area contributed by atoms with Crippen molar-refractivity contribution in [3.63, 3.8) is 0 Å². The largest absolute Gasteiger partial charge is 0.275 e. The Morgan fingerprint density at radius 3 is 2.52 bits per heavy atom. The molecule has 0 fully saturated rings. The SMILES string of the molecule is Cn1cc(-c2c(C#N)c(C(C)(C)C)nc3c2CCCCC3)cn1. The summed E-state index contributed by atoms with van der Waals surface area (Å²) >= 11 is 0. The summed E-state index contributed by atoms with van der Waals surface area (Å²) in [6, 6.07) is 2.45. The number of hydrogen-bond acceptors (Lipinski definition) is 3. The lowest BCUT2D eigenvalue weighted by Gasteiger charge is -2.24. The Bertz CT molecular complexity index is 772. The summed E-state index contributed by atoms with van der Waals surface area (Å²) in [4.78, 5) is 4.96. The van der Waals surface area contributed by atoms with Crippen LogP contribution >= 0.6 is 0 Å². The van der Waals surface area contributed by atoms with Gasteiger partial charge in [0, 0.05) is 35.5 Å².